The Morgan fingerprint density at radius 1 is 1.53 bits per heavy atom. The molecule has 0 saturated heterocycles. The third-order valence-electron chi connectivity index (χ3n) is 3.06. The Morgan fingerprint density at radius 3 is 3.16 bits per heavy atom. The van der Waals surface area contributed by atoms with E-state index in [1.54, 1.807) is 6.33 Å². The lowest BCUT2D eigenvalue weighted by atomic mass is 10.4. The molecular formula is C11H8BrN5OS. The predicted octanol–water partition coefficient (Wildman–Crippen LogP) is 2.45. The van der Waals surface area contributed by atoms with Crippen LogP contribution in [0.3, 0.4) is 0 Å². The summed E-state index contributed by atoms with van der Waals surface area (Å²) < 4.78 is 2.70. The van der Waals surface area contributed by atoms with Crippen LogP contribution in [0.25, 0.3) is 16.0 Å². The molecule has 1 aliphatic rings. The molecule has 0 radical (unpaired) electrons. The van der Waals surface area contributed by atoms with Gasteiger partial charge in [-0.15, -0.1) is 10.2 Å². The Bertz CT molecular complexity index is 806. The number of rotatable bonds is 2. The number of fused-ring (bicyclic) bond motifs is 3. The van der Waals surface area contributed by atoms with E-state index in [2.05, 4.69) is 36.4 Å². The second-order valence-electron chi connectivity index (χ2n) is 4.49. The number of halogens is 1. The maximum absolute atomic E-state index is 11.7. The van der Waals surface area contributed by atoms with E-state index in [9.17, 15) is 4.79 Å². The number of hydrogen-bond donors (Lipinski definition) is 1. The summed E-state index contributed by atoms with van der Waals surface area (Å²) in [7, 11) is 0. The molecule has 0 spiro atoms. The fourth-order valence-electron chi connectivity index (χ4n) is 1.93. The number of nitrogens with zero attached hydrogens (tertiary/aromatic N) is 4. The van der Waals surface area contributed by atoms with Crippen LogP contribution in [0, 0.1) is 5.92 Å². The second-order valence-corrected chi connectivity index (χ2v) is 6.32. The molecule has 0 unspecified atom stereocenters. The third-order valence-corrected chi connectivity index (χ3v) is 4.63. The first-order valence-corrected chi connectivity index (χ1v) is 7.43. The molecule has 1 N–H and O–H groups in total. The van der Waals surface area contributed by atoms with E-state index in [1.165, 1.54) is 11.3 Å². The molecule has 1 saturated carbocycles. The summed E-state index contributed by atoms with van der Waals surface area (Å²) in [5.74, 6) is 0.242. The van der Waals surface area contributed by atoms with Crippen LogP contribution in [0.1, 0.15) is 12.8 Å². The number of aromatic nitrogens is 4. The molecule has 0 aliphatic heterocycles. The number of amides is 1. The van der Waals surface area contributed by atoms with Crippen LogP contribution < -0.4 is 5.32 Å². The van der Waals surface area contributed by atoms with Gasteiger partial charge in [-0.1, -0.05) is 11.3 Å². The molecule has 0 aromatic carbocycles. The van der Waals surface area contributed by atoms with E-state index in [0.717, 1.165) is 33.3 Å². The molecule has 0 bridgehead atoms. The summed E-state index contributed by atoms with van der Waals surface area (Å²) in [5, 5.41) is 11.4. The summed E-state index contributed by atoms with van der Waals surface area (Å²) in [5.41, 5.74) is 1.56. The first-order chi connectivity index (χ1) is 9.22. The second kappa shape index (κ2) is 3.97. The quantitative estimate of drug-likeness (QED) is 0.779. The highest BCUT2D eigenvalue weighted by molar-refractivity contribution is 9.10. The molecule has 8 heteroatoms. The largest absolute Gasteiger partial charge is 0.302 e. The van der Waals surface area contributed by atoms with Gasteiger partial charge in [0.1, 0.15) is 16.7 Å². The standard InChI is InChI=1S/C11H8BrN5OS/c12-6-3-7-10(17-4-13-16-8(6)17)19-11(14-7)15-9(18)5-1-2-5/h3-5H,1-2H2,(H,14,15,18). The van der Waals surface area contributed by atoms with Crippen LogP contribution in [0.5, 0.6) is 0 Å². The van der Waals surface area contributed by atoms with E-state index in [4.69, 9.17) is 0 Å². The van der Waals surface area contributed by atoms with Gasteiger partial charge in [0.2, 0.25) is 5.91 Å². The van der Waals surface area contributed by atoms with Crippen LogP contribution in [0.4, 0.5) is 5.13 Å². The van der Waals surface area contributed by atoms with Gasteiger partial charge in [-0.05, 0) is 34.8 Å². The van der Waals surface area contributed by atoms with Gasteiger partial charge in [0, 0.05) is 5.92 Å². The Morgan fingerprint density at radius 2 is 2.37 bits per heavy atom. The number of nitrogens with one attached hydrogen (secondary N) is 1. The van der Waals surface area contributed by atoms with Crippen LogP contribution in [0.15, 0.2) is 16.9 Å². The summed E-state index contributed by atoms with van der Waals surface area (Å²) in [6, 6.07) is 1.89. The lowest BCUT2D eigenvalue weighted by Gasteiger charge is -1.96. The number of carbonyl (C=O) groups excluding carboxylic acids is 1. The van der Waals surface area contributed by atoms with Crippen molar-refractivity contribution >= 4 is 54.3 Å². The van der Waals surface area contributed by atoms with Gasteiger partial charge in [-0.2, -0.15) is 0 Å². The smallest absolute Gasteiger partial charge is 0.229 e. The number of pyridine rings is 1. The van der Waals surface area contributed by atoms with Crippen molar-refractivity contribution < 1.29 is 4.79 Å². The van der Waals surface area contributed by atoms with Gasteiger partial charge in [-0.3, -0.25) is 9.20 Å². The van der Waals surface area contributed by atoms with Crippen molar-refractivity contribution in [2.24, 2.45) is 5.92 Å². The predicted molar refractivity (Wildman–Crippen MR) is 75.2 cm³/mol. The molecule has 1 aliphatic carbocycles. The van der Waals surface area contributed by atoms with E-state index in [0.29, 0.717) is 5.13 Å². The topological polar surface area (TPSA) is 72.2 Å². The zero-order valence-electron chi connectivity index (χ0n) is 9.63. The van der Waals surface area contributed by atoms with Gasteiger partial charge >= 0.3 is 0 Å². The van der Waals surface area contributed by atoms with Gasteiger partial charge in [0.05, 0.1) is 4.47 Å². The van der Waals surface area contributed by atoms with Crippen LogP contribution in [0.2, 0.25) is 0 Å². The van der Waals surface area contributed by atoms with Crippen molar-refractivity contribution in [3.63, 3.8) is 0 Å². The number of hydrogen-bond acceptors (Lipinski definition) is 5. The number of carbonyl (C=O) groups is 1. The number of thiazole rings is 1. The molecule has 1 amide bonds. The molecule has 3 aromatic heterocycles. The van der Waals surface area contributed by atoms with Gasteiger partial charge in [0.15, 0.2) is 10.8 Å². The lowest BCUT2D eigenvalue weighted by molar-refractivity contribution is -0.117. The summed E-state index contributed by atoms with van der Waals surface area (Å²) in [6.07, 6.45) is 3.61. The van der Waals surface area contributed by atoms with Crippen molar-refractivity contribution in [1.29, 1.82) is 0 Å². The summed E-state index contributed by atoms with van der Waals surface area (Å²) in [4.78, 5) is 17.1. The molecule has 3 heterocycles. The zero-order chi connectivity index (χ0) is 13.0. The summed E-state index contributed by atoms with van der Waals surface area (Å²) >= 11 is 4.88. The van der Waals surface area contributed by atoms with Crippen molar-refractivity contribution in [3.05, 3.63) is 16.9 Å². The molecular weight excluding hydrogens is 330 g/mol. The van der Waals surface area contributed by atoms with Gasteiger partial charge in [-0.25, -0.2) is 4.98 Å². The van der Waals surface area contributed by atoms with Gasteiger partial charge in [0.25, 0.3) is 0 Å². The number of anilines is 1. The molecule has 4 rings (SSSR count). The maximum Gasteiger partial charge on any atom is 0.229 e. The summed E-state index contributed by atoms with van der Waals surface area (Å²) in [6.45, 7) is 0. The van der Waals surface area contributed by atoms with Crippen LogP contribution in [-0.2, 0) is 4.79 Å². The van der Waals surface area contributed by atoms with E-state index in [-0.39, 0.29) is 11.8 Å². The van der Waals surface area contributed by atoms with Crippen molar-refractivity contribution in [2.45, 2.75) is 12.8 Å². The Hall–Kier alpha value is -1.54. The maximum atomic E-state index is 11.7. The molecule has 6 nitrogen and oxygen atoms in total. The lowest BCUT2D eigenvalue weighted by Crippen LogP contribution is -2.12. The fourth-order valence-corrected chi connectivity index (χ4v) is 3.34. The third kappa shape index (κ3) is 1.82. The van der Waals surface area contributed by atoms with Crippen molar-refractivity contribution in [1.82, 2.24) is 19.6 Å². The Labute approximate surface area is 120 Å². The SMILES string of the molecule is O=C(Nc1nc2cc(Br)c3nncn3c2s1)C1CC1. The van der Waals surface area contributed by atoms with E-state index in [1.807, 2.05) is 10.5 Å². The minimum Gasteiger partial charge on any atom is -0.302 e. The Balaban J connectivity index is 1.83. The highest BCUT2D eigenvalue weighted by atomic mass is 79.9. The Kier molecular flexibility index (Phi) is 2.36. The van der Waals surface area contributed by atoms with E-state index >= 15 is 0 Å². The molecule has 19 heavy (non-hydrogen) atoms. The molecule has 3 aromatic rings. The normalized spacial score (nSPS) is 15.2. The molecule has 96 valence electrons. The minimum atomic E-state index is 0.0677. The first-order valence-electron chi connectivity index (χ1n) is 5.82. The van der Waals surface area contributed by atoms with E-state index < -0.39 is 0 Å². The van der Waals surface area contributed by atoms with Crippen LogP contribution in [-0.4, -0.2) is 25.5 Å². The van der Waals surface area contributed by atoms with Gasteiger partial charge < -0.3 is 5.32 Å². The first kappa shape index (κ1) is 11.3. The average molecular weight is 338 g/mol. The van der Waals surface area contributed by atoms with Crippen molar-refractivity contribution in [3.8, 4) is 0 Å². The highest BCUT2D eigenvalue weighted by Gasteiger charge is 2.30. The van der Waals surface area contributed by atoms with Crippen LogP contribution >= 0.6 is 27.3 Å². The molecule has 1 fully saturated rings. The fraction of sp³-hybridized carbons (Fsp3) is 0.273. The minimum absolute atomic E-state index is 0.0677. The highest BCUT2D eigenvalue weighted by Crippen LogP contribution is 2.33. The molecule has 0 atom stereocenters. The monoisotopic (exact) mass is 337 g/mol. The van der Waals surface area contributed by atoms with Crippen molar-refractivity contribution in [2.75, 3.05) is 5.32 Å². The average Bonchev–Trinajstić information content (AvgIpc) is 2.97. The zero-order valence-corrected chi connectivity index (χ0v) is 12.0.